The molecule has 6 aromatic rings. The molecule has 8 N–H and O–H groups in total. The van der Waals surface area contributed by atoms with Gasteiger partial charge in [-0.25, -0.2) is 0 Å². The van der Waals surface area contributed by atoms with Gasteiger partial charge in [0.2, 0.25) is 0 Å². The highest BCUT2D eigenvalue weighted by Gasteiger charge is 2.19. The second-order valence-electron chi connectivity index (χ2n) is 10.1. The Kier molecular flexibility index (Phi) is 6.86. The van der Waals surface area contributed by atoms with Gasteiger partial charge in [0.05, 0.1) is 44.6 Å². The summed E-state index contributed by atoms with van der Waals surface area (Å²) in [6, 6.07) is 20.6. The first-order chi connectivity index (χ1) is 21.1. The third-order valence-electron chi connectivity index (χ3n) is 7.23. The molecule has 0 saturated carbocycles. The summed E-state index contributed by atoms with van der Waals surface area (Å²) in [7, 11) is 0. The number of aromatic nitrogens is 2. The number of nitrogens with zero attached hydrogens (tertiary/aromatic N) is 6. The van der Waals surface area contributed by atoms with Crippen molar-refractivity contribution in [2.75, 3.05) is 0 Å². The van der Waals surface area contributed by atoms with Crippen LogP contribution in [0.25, 0.3) is 32.6 Å². The maximum absolute atomic E-state index is 11.5. The molecule has 12 nitrogen and oxygen atoms in total. The van der Waals surface area contributed by atoms with E-state index in [1.54, 1.807) is 74.5 Å². The van der Waals surface area contributed by atoms with E-state index in [-0.39, 0.29) is 34.5 Å². The van der Waals surface area contributed by atoms with Gasteiger partial charge in [0.1, 0.15) is 23.0 Å². The van der Waals surface area contributed by atoms with E-state index in [1.807, 2.05) is 12.1 Å². The number of hydrogen-bond donors (Lipinski definition) is 6. The third kappa shape index (κ3) is 4.90. The van der Waals surface area contributed by atoms with Crippen LogP contribution in [0.2, 0.25) is 0 Å². The number of aromatic hydroxyl groups is 2. The molecular formula is C32H26N10O2. The molecule has 216 valence electrons. The van der Waals surface area contributed by atoms with Crippen LogP contribution in [-0.2, 0) is 0 Å². The molecule has 0 aliphatic carbocycles. The summed E-state index contributed by atoms with van der Waals surface area (Å²) in [6.45, 7) is 3.47. The Balaban J connectivity index is 1.47. The predicted molar refractivity (Wildman–Crippen MR) is 171 cm³/mol. The molecule has 0 amide bonds. The van der Waals surface area contributed by atoms with Crippen LogP contribution in [0.3, 0.4) is 0 Å². The average molecular weight is 583 g/mol. The van der Waals surface area contributed by atoms with E-state index >= 15 is 0 Å². The van der Waals surface area contributed by atoms with Crippen molar-refractivity contribution in [3.05, 3.63) is 95.3 Å². The highest BCUT2D eigenvalue weighted by atomic mass is 16.3. The van der Waals surface area contributed by atoms with Gasteiger partial charge in [0, 0.05) is 11.1 Å². The lowest BCUT2D eigenvalue weighted by atomic mass is 9.98. The largest absolute Gasteiger partial charge is 0.505 e. The monoisotopic (exact) mass is 582 g/mol. The summed E-state index contributed by atoms with van der Waals surface area (Å²) in [6.07, 6.45) is 0. The van der Waals surface area contributed by atoms with Gasteiger partial charge in [-0.2, -0.15) is 10.2 Å². The zero-order chi connectivity index (χ0) is 31.1. The second-order valence-corrected chi connectivity index (χ2v) is 10.1. The average Bonchev–Trinajstić information content (AvgIpc) is 3.00. The number of nitrogens with one attached hydrogen (secondary N) is 2. The number of nitrogens with two attached hydrogens (primary N) is 2. The fraction of sp³-hybridized carbons (Fsp3) is 0.0625. The highest BCUT2D eigenvalue weighted by Crippen LogP contribution is 2.45. The fourth-order valence-corrected chi connectivity index (χ4v) is 4.98. The van der Waals surface area contributed by atoms with Crippen molar-refractivity contribution < 1.29 is 10.2 Å². The lowest BCUT2D eigenvalue weighted by molar-refractivity contribution is 0.481. The maximum atomic E-state index is 11.5. The van der Waals surface area contributed by atoms with E-state index in [0.29, 0.717) is 66.5 Å². The number of fused-ring (bicyclic) bond motifs is 5. The molecule has 2 heterocycles. The number of hydrogen-bond acceptors (Lipinski definition) is 10. The standard InChI is InChI=1S/C32H26N10O2/c1-15-27(41-39-19-7-3-17(4-8-19)31(33)34)29(43)25-21-12-14-24-26(22(21)11-13-23(25)37-15)30(44)28(16(2)38-24)42-40-20-9-5-18(6-10-20)32(35)36/h3-14H,1-2H3,(H3,33,34)(H3,35,36)(H,37,43)(H,38,44). The Morgan fingerprint density at radius 3 is 1.27 bits per heavy atom. The maximum Gasteiger partial charge on any atom is 0.155 e. The molecule has 44 heavy (non-hydrogen) atoms. The Morgan fingerprint density at radius 2 is 0.932 bits per heavy atom. The molecule has 0 bridgehead atoms. The molecule has 0 radical (unpaired) electrons. The zero-order valence-corrected chi connectivity index (χ0v) is 23.7. The predicted octanol–water partition coefficient (Wildman–Crippen LogP) is 7.36. The topological polar surface area (TPSA) is 215 Å². The molecule has 0 spiro atoms. The first-order valence-electron chi connectivity index (χ1n) is 13.4. The van der Waals surface area contributed by atoms with Gasteiger partial charge in [-0.05, 0) is 85.3 Å². The molecule has 0 unspecified atom stereocenters. The molecule has 0 fully saturated rings. The molecule has 4 aromatic carbocycles. The fourth-order valence-electron chi connectivity index (χ4n) is 4.98. The second kappa shape index (κ2) is 10.8. The normalized spacial score (nSPS) is 11.8. The minimum absolute atomic E-state index is 0.0489. The van der Waals surface area contributed by atoms with Crippen LogP contribution in [0.15, 0.2) is 93.3 Å². The molecular weight excluding hydrogens is 556 g/mol. The van der Waals surface area contributed by atoms with Crippen molar-refractivity contribution in [1.29, 1.82) is 10.8 Å². The van der Waals surface area contributed by atoms with Crippen LogP contribution < -0.4 is 11.5 Å². The Bertz CT molecular complexity index is 2050. The number of rotatable bonds is 6. The van der Waals surface area contributed by atoms with Gasteiger partial charge < -0.3 is 21.7 Å². The Hall–Kier alpha value is -6.30. The number of azo groups is 2. The summed E-state index contributed by atoms with van der Waals surface area (Å²) in [5.41, 5.74) is 15.7. The van der Waals surface area contributed by atoms with Crippen molar-refractivity contribution in [3.63, 3.8) is 0 Å². The number of benzene rings is 4. The van der Waals surface area contributed by atoms with E-state index in [9.17, 15) is 10.2 Å². The molecule has 12 heteroatoms. The summed E-state index contributed by atoms with van der Waals surface area (Å²) in [4.78, 5) is 9.32. The van der Waals surface area contributed by atoms with Crippen LogP contribution in [-0.4, -0.2) is 31.9 Å². The smallest absolute Gasteiger partial charge is 0.155 e. The van der Waals surface area contributed by atoms with Gasteiger partial charge in [-0.1, -0.05) is 12.1 Å². The summed E-state index contributed by atoms with van der Waals surface area (Å²) in [5.74, 6) is -0.302. The summed E-state index contributed by atoms with van der Waals surface area (Å²) < 4.78 is 0. The van der Waals surface area contributed by atoms with E-state index < -0.39 is 0 Å². The van der Waals surface area contributed by atoms with Crippen LogP contribution in [0.5, 0.6) is 11.5 Å². The lowest BCUT2D eigenvalue weighted by Gasteiger charge is -2.13. The van der Waals surface area contributed by atoms with Gasteiger partial charge in [0.25, 0.3) is 0 Å². The zero-order valence-electron chi connectivity index (χ0n) is 23.7. The number of pyridine rings is 2. The van der Waals surface area contributed by atoms with E-state index in [1.165, 1.54) is 0 Å². The Morgan fingerprint density at radius 1 is 0.568 bits per heavy atom. The van der Waals surface area contributed by atoms with E-state index in [0.717, 1.165) is 0 Å². The molecule has 2 aromatic heterocycles. The van der Waals surface area contributed by atoms with Gasteiger partial charge >= 0.3 is 0 Å². The Labute approximate surface area is 250 Å². The van der Waals surface area contributed by atoms with Crippen molar-refractivity contribution >= 4 is 67.0 Å². The quantitative estimate of drug-likeness (QED) is 0.0509. The first kappa shape index (κ1) is 27.8. The third-order valence-corrected chi connectivity index (χ3v) is 7.23. The molecule has 0 saturated heterocycles. The molecule has 0 atom stereocenters. The van der Waals surface area contributed by atoms with Crippen molar-refractivity contribution in [3.8, 4) is 11.5 Å². The van der Waals surface area contributed by atoms with Gasteiger partial charge in [-0.3, -0.25) is 20.8 Å². The van der Waals surface area contributed by atoms with Crippen molar-refractivity contribution in [2.45, 2.75) is 13.8 Å². The van der Waals surface area contributed by atoms with E-state index in [4.69, 9.17) is 22.3 Å². The number of aryl methyl sites for hydroxylation is 2. The number of nitrogen functional groups attached to an aromatic ring is 2. The van der Waals surface area contributed by atoms with Crippen LogP contribution in [0.1, 0.15) is 22.5 Å². The SMILES string of the molecule is Cc1nc2ccc3c(ccc4nc(C)c(N=Nc5ccc(C(=N)N)cc5)c(O)c43)c2c(O)c1N=Nc1ccc(C(=N)N)cc1. The number of amidine groups is 2. The minimum Gasteiger partial charge on any atom is -0.505 e. The summed E-state index contributed by atoms with van der Waals surface area (Å²) in [5, 5.41) is 57.3. The van der Waals surface area contributed by atoms with Crippen LogP contribution in [0, 0.1) is 24.7 Å². The molecule has 0 aliphatic rings. The van der Waals surface area contributed by atoms with Crippen LogP contribution >= 0.6 is 0 Å². The van der Waals surface area contributed by atoms with Gasteiger partial charge in [-0.15, -0.1) is 10.2 Å². The first-order valence-corrected chi connectivity index (χ1v) is 13.4. The van der Waals surface area contributed by atoms with E-state index in [2.05, 4.69) is 30.4 Å². The highest BCUT2D eigenvalue weighted by molar-refractivity contribution is 6.20. The minimum atomic E-state index is -0.102. The molecule has 0 aliphatic heterocycles. The van der Waals surface area contributed by atoms with Crippen molar-refractivity contribution in [2.24, 2.45) is 31.9 Å². The van der Waals surface area contributed by atoms with Crippen molar-refractivity contribution in [1.82, 2.24) is 9.97 Å². The lowest BCUT2D eigenvalue weighted by Crippen LogP contribution is -2.10. The molecule has 6 rings (SSSR count). The summed E-state index contributed by atoms with van der Waals surface area (Å²) >= 11 is 0. The van der Waals surface area contributed by atoms with Crippen LogP contribution in [0.4, 0.5) is 22.7 Å². The van der Waals surface area contributed by atoms with Gasteiger partial charge in [0.15, 0.2) is 11.5 Å².